The van der Waals surface area contributed by atoms with Gasteiger partial charge in [-0.1, -0.05) is 11.6 Å². The molecule has 36 heavy (non-hydrogen) atoms. The van der Waals surface area contributed by atoms with Crippen LogP contribution in [0.4, 0.5) is 29.1 Å². The van der Waals surface area contributed by atoms with Crippen molar-refractivity contribution in [3.63, 3.8) is 0 Å². The van der Waals surface area contributed by atoms with Crippen molar-refractivity contribution in [2.24, 2.45) is 0 Å². The van der Waals surface area contributed by atoms with Crippen LogP contribution in [-0.2, 0) is 11.6 Å². The quantitative estimate of drug-likeness (QED) is 0.368. The van der Waals surface area contributed by atoms with Crippen molar-refractivity contribution in [1.82, 2.24) is 19.7 Å². The van der Waals surface area contributed by atoms with Gasteiger partial charge in [0.25, 0.3) is 5.91 Å². The molecule has 1 amide bonds. The number of hydrogen-bond donors (Lipinski definition) is 2. The predicted molar refractivity (Wildman–Crippen MR) is 127 cm³/mol. The molecule has 0 radical (unpaired) electrons. The van der Waals surface area contributed by atoms with Crippen molar-refractivity contribution in [1.29, 1.82) is 0 Å². The number of halogens is 5. The lowest BCUT2D eigenvalue weighted by atomic mass is 9.80. The summed E-state index contributed by atoms with van der Waals surface area (Å²) >= 11 is 6.87. The lowest BCUT2D eigenvalue weighted by molar-refractivity contribution is -0.145. The molecule has 3 heterocycles. The number of hydrogen-bond acceptors (Lipinski definition) is 5. The number of aromatic nitrogens is 3. The monoisotopic (exact) mass is 522 g/mol. The Labute approximate surface area is 209 Å². The molecule has 0 bridgehead atoms. The van der Waals surface area contributed by atoms with Crippen LogP contribution in [0.3, 0.4) is 0 Å². The number of pyridine rings is 1. The molecule has 1 aliphatic heterocycles. The molecule has 0 unspecified atom stereocenters. The van der Waals surface area contributed by atoms with E-state index in [-0.39, 0.29) is 27.4 Å². The molecule has 2 aliphatic rings. The topological polar surface area (TPSA) is 89.1 Å². The van der Waals surface area contributed by atoms with Crippen LogP contribution < -0.4 is 11.1 Å². The predicted octanol–water partition coefficient (Wildman–Crippen LogP) is 5.13. The van der Waals surface area contributed by atoms with E-state index in [4.69, 9.17) is 17.3 Å². The minimum absolute atomic E-state index is 0.00310. The average Bonchev–Trinajstić information content (AvgIpc) is 3.54. The summed E-state index contributed by atoms with van der Waals surface area (Å²) in [6, 6.07) is 3.36. The number of nitrogen functional groups attached to an aromatic ring is 1. The Kier molecular flexibility index (Phi) is 5.66. The van der Waals surface area contributed by atoms with Gasteiger partial charge in [0, 0.05) is 60.8 Å². The maximum absolute atomic E-state index is 15.6. The van der Waals surface area contributed by atoms with Crippen molar-refractivity contribution in [2.75, 3.05) is 31.7 Å². The fraction of sp³-hybridized carbons (Fsp3) is 0.375. The second-order valence-electron chi connectivity index (χ2n) is 9.49. The number of amides is 1. The third-order valence-electron chi connectivity index (χ3n) is 7.11. The molecule has 0 saturated heterocycles. The van der Waals surface area contributed by atoms with Crippen molar-refractivity contribution < 1.29 is 22.4 Å². The molecule has 12 heteroatoms. The number of nitrogens with two attached hydrogens (primary N) is 1. The fourth-order valence-electron chi connectivity index (χ4n) is 5.40. The molecule has 190 valence electrons. The smallest absolute Gasteiger partial charge is 0.398 e. The second-order valence-corrected chi connectivity index (χ2v) is 9.87. The Morgan fingerprint density at radius 3 is 2.72 bits per heavy atom. The van der Waals surface area contributed by atoms with E-state index in [2.05, 4.69) is 15.4 Å². The highest BCUT2D eigenvalue weighted by molar-refractivity contribution is 6.34. The first-order valence-corrected chi connectivity index (χ1v) is 11.7. The van der Waals surface area contributed by atoms with Gasteiger partial charge in [0.05, 0.1) is 16.6 Å². The first-order chi connectivity index (χ1) is 16.9. The molecule has 1 aromatic carbocycles. The van der Waals surface area contributed by atoms with Gasteiger partial charge in [0.1, 0.15) is 17.3 Å². The third-order valence-corrected chi connectivity index (χ3v) is 7.51. The molecule has 5 rings (SSSR count). The summed E-state index contributed by atoms with van der Waals surface area (Å²) in [6.45, 7) is 0.437. The van der Waals surface area contributed by atoms with Crippen LogP contribution >= 0.6 is 11.6 Å². The summed E-state index contributed by atoms with van der Waals surface area (Å²) in [5.74, 6) is -0.886. The van der Waals surface area contributed by atoms with Gasteiger partial charge < -0.3 is 16.0 Å². The highest BCUT2D eigenvalue weighted by Gasteiger charge is 2.49. The van der Waals surface area contributed by atoms with Gasteiger partial charge in [-0.05, 0) is 37.5 Å². The fourth-order valence-corrected chi connectivity index (χ4v) is 5.84. The van der Waals surface area contributed by atoms with Crippen LogP contribution in [0.2, 0.25) is 5.02 Å². The van der Waals surface area contributed by atoms with Crippen LogP contribution in [0.25, 0.3) is 11.1 Å². The summed E-state index contributed by atoms with van der Waals surface area (Å²) in [4.78, 5) is 18.2. The van der Waals surface area contributed by atoms with Crippen molar-refractivity contribution in [3.8, 4) is 11.1 Å². The minimum atomic E-state index is -4.52. The number of benzene rings is 1. The molecule has 2 atom stereocenters. The molecule has 7 nitrogen and oxygen atoms in total. The van der Waals surface area contributed by atoms with E-state index < -0.39 is 35.1 Å². The molecule has 1 aliphatic carbocycles. The number of carbonyl (C=O) groups excluding carboxylic acids is 1. The molecule has 1 saturated carbocycles. The Morgan fingerprint density at radius 2 is 2.03 bits per heavy atom. The van der Waals surface area contributed by atoms with Crippen LogP contribution in [0.5, 0.6) is 0 Å². The highest BCUT2D eigenvalue weighted by Crippen LogP contribution is 2.55. The summed E-state index contributed by atoms with van der Waals surface area (Å²) in [6.07, 6.45) is -0.570. The summed E-state index contributed by atoms with van der Waals surface area (Å²) in [5, 5.41) is 7.41. The molecule has 3 N–H and O–H groups in total. The van der Waals surface area contributed by atoms with Gasteiger partial charge in [-0.15, -0.1) is 0 Å². The van der Waals surface area contributed by atoms with Crippen LogP contribution in [0.15, 0.2) is 30.6 Å². The average molecular weight is 523 g/mol. The largest absolute Gasteiger partial charge is 0.433 e. The number of nitrogens with zero attached hydrogens (tertiary/aromatic N) is 4. The zero-order valence-corrected chi connectivity index (χ0v) is 20.2. The normalized spacial score (nSPS) is 21.0. The molecule has 1 spiro atoms. The summed E-state index contributed by atoms with van der Waals surface area (Å²) < 4.78 is 57.1. The standard InChI is InChI=1S/C24H23ClF4N6O/c1-34(2)22(36)17-15(30)4-3-13(20(17)26)14-10-31-21-18(19(14)25)23(11-32-21)7-5-12(9-23)35-16(6-8-33-35)24(27,28)29/h3-4,6,8,10,12H,5,7,9,11,30H2,1-2H3,(H,31,32)/t12-,23-/m0/s1. The molecular weight excluding hydrogens is 500 g/mol. The van der Waals surface area contributed by atoms with E-state index in [0.29, 0.717) is 37.2 Å². The number of rotatable bonds is 3. The van der Waals surface area contributed by atoms with Crippen LogP contribution in [-0.4, -0.2) is 46.2 Å². The maximum atomic E-state index is 15.6. The number of nitrogens with one attached hydrogen (secondary N) is 1. The SMILES string of the molecule is CN(C)C(=O)c1c(N)ccc(-c2cnc3c(c2Cl)[C@]2(CC[C@H](n4nccc4C(F)(F)F)C2)CN3)c1F. The van der Waals surface area contributed by atoms with Gasteiger partial charge >= 0.3 is 6.18 Å². The van der Waals surface area contributed by atoms with Gasteiger partial charge in [-0.25, -0.2) is 9.37 Å². The summed E-state index contributed by atoms with van der Waals surface area (Å²) in [7, 11) is 2.99. The lowest BCUT2D eigenvalue weighted by Gasteiger charge is -2.26. The van der Waals surface area contributed by atoms with Crippen LogP contribution in [0, 0.1) is 5.82 Å². The zero-order valence-electron chi connectivity index (χ0n) is 19.5. The van der Waals surface area contributed by atoms with E-state index in [1.165, 1.54) is 37.3 Å². The number of alkyl halides is 3. The minimum Gasteiger partial charge on any atom is -0.398 e. The highest BCUT2D eigenvalue weighted by atomic mass is 35.5. The molecular formula is C24H23ClF4N6O. The van der Waals surface area contributed by atoms with E-state index in [1.54, 1.807) is 0 Å². The Hall–Kier alpha value is -3.34. The maximum Gasteiger partial charge on any atom is 0.433 e. The summed E-state index contributed by atoms with van der Waals surface area (Å²) in [5.41, 5.74) is 5.23. The number of anilines is 2. The first-order valence-electron chi connectivity index (χ1n) is 11.3. The van der Waals surface area contributed by atoms with E-state index >= 15 is 4.39 Å². The van der Waals surface area contributed by atoms with Crippen LogP contribution in [0.1, 0.15) is 46.9 Å². The Bertz CT molecular complexity index is 1370. The number of carbonyl (C=O) groups is 1. The van der Waals surface area contributed by atoms with Crippen molar-refractivity contribution in [3.05, 3.63) is 58.3 Å². The first kappa shape index (κ1) is 24.4. The van der Waals surface area contributed by atoms with Crippen molar-refractivity contribution >= 4 is 29.0 Å². The second kappa shape index (κ2) is 8.36. The van der Waals surface area contributed by atoms with Gasteiger partial charge in [-0.3, -0.25) is 9.48 Å². The van der Waals surface area contributed by atoms with E-state index in [0.717, 1.165) is 16.9 Å². The van der Waals surface area contributed by atoms with Gasteiger partial charge in [0.15, 0.2) is 0 Å². The third kappa shape index (κ3) is 3.68. The molecule has 3 aromatic rings. The van der Waals surface area contributed by atoms with Gasteiger partial charge in [-0.2, -0.15) is 18.3 Å². The Balaban J connectivity index is 1.57. The van der Waals surface area contributed by atoms with Gasteiger partial charge in [0.2, 0.25) is 0 Å². The molecule has 1 fully saturated rings. The molecule has 2 aromatic heterocycles. The van der Waals surface area contributed by atoms with E-state index in [9.17, 15) is 18.0 Å². The Morgan fingerprint density at radius 1 is 1.28 bits per heavy atom. The van der Waals surface area contributed by atoms with Crippen molar-refractivity contribution in [2.45, 2.75) is 36.9 Å². The lowest BCUT2D eigenvalue weighted by Crippen LogP contribution is -2.27. The number of fused-ring (bicyclic) bond motifs is 2. The zero-order chi connectivity index (χ0) is 26.0. The van der Waals surface area contributed by atoms with E-state index in [1.807, 2.05) is 0 Å².